The van der Waals surface area contributed by atoms with Gasteiger partial charge in [0.25, 0.3) is 5.91 Å². The number of hydrogen-bond donors (Lipinski definition) is 2. The lowest BCUT2D eigenvalue weighted by atomic mass is 10.1. The predicted octanol–water partition coefficient (Wildman–Crippen LogP) is 0.846. The van der Waals surface area contributed by atoms with E-state index in [0.717, 1.165) is 11.3 Å². The molecule has 0 aliphatic carbocycles. The van der Waals surface area contributed by atoms with E-state index < -0.39 is 6.10 Å². The summed E-state index contributed by atoms with van der Waals surface area (Å²) < 4.78 is 10.1. The maximum absolute atomic E-state index is 11.8. The van der Waals surface area contributed by atoms with E-state index in [1.807, 2.05) is 31.2 Å². The lowest BCUT2D eigenvalue weighted by Gasteiger charge is -2.18. The van der Waals surface area contributed by atoms with Gasteiger partial charge in [0.2, 0.25) is 0 Å². The second-order valence-electron chi connectivity index (χ2n) is 3.97. The molecule has 0 aromatic heterocycles. The zero-order chi connectivity index (χ0) is 13.5. The average Bonchev–Trinajstić information content (AvgIpc) is 2.40. The van der Waals surface area contributed by atoms with Gasteiger partial charge in [-0.2, -0.15) is 0 Å². The summed E-state index contributed by atoms with van der Waals surface area (Å²) >= 11 is 0. The molecule has 0 saturated heterocycles. The van der Waals surface area contributed by atoms with Crippen LogP contribution in [0.2, 0.25) is 0 Å². The molecule has 0 aliphatic rings. The molecule has 5 heteroatoms. The largest absolute Gasteiger partial charge is 0.497 e. The van der Waals surface area contributed by atoms with Gasteiger partial charge in [0.1, 0.15) is 11.9 Å². The second-order valence-corrected chi connectivity index (χ2v) is 3.97. The number of nitrogens with one attached hydrogen (secondary N) is 1. The van der Waals surface area contributed by atoms with Crippen molar-refractivity contribution < 1.29 is 14.3 Å². The van der Waals surface area contributed by atoms with Crippen LogP contribution >= 0.6 is 0 Å². The molecule has 0 radical (unpaired) electrons. The lowest BCUT2D eigenvalue weighted by molar-refractivity contribution is -0.131. The van der Waals surface area contributed by atoms with Gasteiger partial charge in [-0.15, -0.1) is 0 Å². The molecule has 0 fully saturated rings. The summed E-state index contributed by atoms with van der Waals surface area (Å²) in [5, 5.41) is 2.85. The first kappa shape index (κ1) is 14.5. The number of rotatable bonds is 6. The van der Waals surface area contributed by atoms with E-state index in [0.29, 0.717) is 0 Å². The van der Waals surface area contributed by atoms with Crippen molar-refractivity contribution in [2.75, 3.05) is 20.8 Å². The van der Waals surface area contributed by atoms with Crippen LogP contribution in [0.25, 0.3) is 0 Å². The van der Waals surface area contributed by atoms with Crippen molar-refractivity contribution in [3.05, 3.63) is 29.8 Å². The van der Waals surface area contributed by atoms with Crippen LogP contribution in [0.5, 0.6) is 5.75 Å². The molecule has 1 aromatic rings. The first-order chi connectivity index (χ1) is 8.62. The number of nitrogens with two attached hydrogens (primary N) is 1. The quantitative estimate of drug-likeness (QED) is 0.787. The van der Waals surface area contributed by atoms with Crippen molar-refractivity contribution in [2.24, 2.45) is 5.73 Å². The minimum Gasteiger partial charge on any atom is -0.497 e. The molecule has 18 heavy (non-hydrogen) atoms. The Bertz CT molecular complexity index is 392. The molecule has 100 valence electrons. The number of hydrogen-bond acceptors (Lipinski definition) is 4. The fraction of sp³-hybridized carbons (Fsp3) is 0.462. The second kappa shape index (κ2) is 6.98. The van der Waals surface area contributed by atoms with Gasteiger partial charge in [-0.25, -0.2) is 0 Å². The van der Waals surface area contributed by atoms with Crippen molar-refractivity contribution in [1.29, 1.82) is 0 Å². The molecule has 1 rings (SSSR count). The number of amides is 1. The Balaban J connectivity index is 2.69. The summed E-state index contributed by atoms with van der Waals surface area (Å²) in [6.45, 7) is 2.06. The third-order valence-corrected chi connectivity index (χ3v) is 2.74. The van der Waals surface area contributed by atoms with Crippen molar-refractivity contribution in [2.45, 2.75) is 19.1 Å². The molecule has 3 N–H and O–H groups in total. The van der Waals surface area contributed by atoms with E-state index in [2.05, 4.69) is 5.32 Å². The smallest absolute Gasteiger partial charge is 0.250 e. The molecular weight excluding hydrogens is 232 g/mol. The van der Waals surface area contributed by atoms with E-state index in [9.17, 15) is 4.79 Å². The molecular formula is C13H20N2O3. The van der Waals surface area contributed by atoms with Gasteiger partial charge in [-0.3, -0.25) is 4.79 Å². The van der Waals surface area contributed by atoms with Crippen molar-refractivity contribution in [3.8, 4) is 5.75 Å². The number of carbonyl (C=O) groups is 1. The molecule has 0 spiro atoms. The minimum absolute atomic E-state index is 0.128. The first-order valence-corrected chi connectivity index (χ1v) is 5.79. The molecule has 1 aromatic carbocycles. The summed E-state index contributed by atoms with van der Waals surface area (Å²) in [4.78, 5) is 11.8. The Kier molecular flexibility index (Phi) is 5.61. The van der Waals surface area contributed by atoms with Gasteiger partial charge in [0.05, 0.1) is 13.2 Å². The normalized spacial score (nSPS) is 13.8. The summed E-state index contributed by atoms with van der Waals surface area (Å²) in [5.41, 5.74) is 6.41. The van der Waals surface area contributed by atoms with Crippen LogP contribution in [-0.2, 0) is 9.53 Å². The highest BCUT2D eigenvalue weighted by atomic mass is 16.5. The number of methoxy groups -OCH3 is 2. The van der Waals surface area contributed by atoms with Crippen LogP contribution in [0.3, 0.4) is 0 Å². The molecule has 0 aliphatic heterocycles. The predicted molar refractivity (Wildman–Crippen MR) is 69.4 cm³/mol. The maximum atomic E-state index is 11.8. The standard InChI is InChI=1S/C13H20N2O3/c1-9(15-13(16)12(8-14)18-3)10-5-4-6-11(7-10)17-2/h4-7,9,12H,8,14H2,1-3H3,(H,15,16)/t9-,12?/m1/s1. The van der Waals surface area contributed by atoms with Gasteiger partial charge in [-0.05, 0) is 24.6 Å². The Morgan fingerprint density at radius 2 is 2.17 bits per heavy atom. The molecule has 0 bridgehead atoms. The van der Waals surface area contributed by atoms with E-state index >= 15 is 0 Å². The highest BCUT2D eigenvalue weighted by molar-refractivity contribution is 5.81. The summed E-state index contributed by atoms with van der Waals surface area (Å²) in [7, 11) is 3.07. The Hall–Kier alpha value is -1.59. The van der Waals surface area contributed by atoms with Crippen LogP contribution in [0, 0.1) is 0 Å². The fourth-order valence-electron chi connectivity index (χ4n) is 1.61. The SMILES string of the molecule is COc1cccc([C@@H](C)NC(=O)C(CN)OC)c1. The Morgan fingerprint density at radius 1 is 1.44 bits per heavy atom. The van der Waals surface area contributed by atoms with E-state index in [1.165, 1.54) is 7.11 Å². The van der Waals surface area contributed by atoms with Crippen molar-refractivity contribution in [3.63, 3.8) is 0 Å². The van der Waals surface area contributed by atoms with Gasteiger partial charge in [-0.1, -0.05) is 12.1 Å². The van der Waals surface area contributed by atoms with Crippen LogP contribution in [-0.4, -0.2) is 32.8 Å². The zero-order valence-corrected chi connectivity index (χ0v) is 11.0. The van der Waals surface area contributed by atoms with Crippen LogP contribution in [0.15, 0.2) is 24.3 Å². The minimum atomic E-state index is -0.613. The van der Waals surface area contributed by atoms with Crippen LogP contribution in [0.1, 0.15) is 18.5 Å². The molecule has 5 nitrogen and oxygen atoms in total. The Morgan fingerprint density at radius 3 is 2.72 bits per heavy atom. The fourth-order valence-corrected chi connectivity index (χ4v) is 1.61. The highest BCUT2D eigenvalue weighted by Gasteiger charge is 2.18. The third-order valence-electron chi connectivity index (χ3n) is 2.74. The number of ether oxygens (including phenoxy) is 2. The van der Waals surface area contributed by atoms with Crippen LogP contribution in [0.4, 0.5) is 0 Å². The first-order valence-electron chi connectivity index (χ1n) is 5.79. The molecule has 2 atom stereocenters. The van der Waals surface area contributed by atoms with Gasteiger partial charge in [0.15, 0.2) is 0 Å². The average molecular weight is 252 g/mol. The number of carbonyl (C=O) groups excluding carboxylic acids is 1. The maximum Gasteiger partial charge on any atom is 0.250 e. The van der Waals surface area contributed by atoms with Crippen molar-refractivity contribution in [1.82, 2.24) is 5.32 Å². The highest BCUT2D eigenvalue weighted by Crippen LogP contribution is 2.18. The summed E-state index contributed by atoms with van der Waals surface area (Å²) in [5.74, 6) is 0.547. The molecule has 1 unspecified atom stereocenters. The molecule has 0 heterocycles. The lowest BCUT2D eigenvalue weighted by Crippen LogP contribution is -2.41. The zero-order valence-electron chi connectivity index (χ0n) is 11.0. The number of benzene rings is 1. The summed E-state index contributed by atoms with van der Waals surface area (Å²) in [6, 6.07) is 7.42. The summed E-state index contributed by atoms with van der Waals surface area (Å²) in [6.07, 6.45) is -0.613. The monoisotopic (exact) mass is 252 g/mol. The van der Waals surface area contributed by atoms with E-state index in [-0.39, 0.29) is 18.5 Å². The topological polar surface area (TPSA) is 73.6 Å². The van der Waals surface area contributed by atoms with Gasteiger partial charge < -0.3 is 20.5 Å². The van der Waals surface area contributed by atoms with E-state index in [4.69, 9.17) is 15.2 Å². The van der Waals surface area contributed by atoms with E-state index in [1.54, 1.807) is 7.11 Å². The van der Waals surface area contributed by atoms with Gasteiger partial charge in [0, 0.05) is 13.7 Å². The third kappa shape index (κ3) is 3.72. The molecule has 1 amide bonds. The molecule has 0 saturated carbocycles. The van der Waals surface area contributed by atoms with Crippen molar-refractivity contribution >= 4 is 5.91 Å². The Labute approximate surface area is 107 Å². The van der Waals surface area contributed by atoms with Crippen LogP contribution < -0.4 is 15.8 Å². The van der Waals surface area contributed by atoms with Gasteiger partial charge >= 0.3 is 0 Å².